The van der Waals surface area contributed by atoms with E-state index in [0.717, 1.165) is 16.8 Å². The van der Waals surface area contributed by atoms with Crippen LogP contribution in [0.25, 0.3) is 16.8 Å². The summed E-state index contributed by atoms with van der Waals surface area (Å²) in [5.41, 5.74) is 3.57. The van der Waals surface area contributed by atoms with Crippen LogP contribution in [-0.4, -0.2) is 56.9 Å². The van der Waals surface area contributed by atoms with Gasteiger partial charge in [-0.15, -0.1) is 0 Å². The van der Waals surface area contributed by atoms with Gasteiger partial charge in [-0.2, -0.15) is 5.10 Å². The smallest absolute Gasteiger partial charge is 0.254 e. The quantitative estimate of drug-likeness (QED) is 0.720. The molecule has 1 aliphatic heterocycles. The molecule has 0 N–H and O–H groups in total. The highest BCUT2D eigenvalue weighted by Crippen LogP contribution is 2.22. The Kier molecular flexibility index (Phi) is 4.39. The molecule has 4 rings (SSSR count). The molecule has 138 valence electrons. The van der Waals surface area contributed by atoms with Crippen LogP contribution in [0.3, 0.4) is 0 Å². The van der Waals surface area contributed by atoms with Crippen LogP contribution in [0.1, 0.15) is 24.2 Å². The Morgan fingerprint density at radius 2 is 1.89 bits per heavy atom. The Hall–Kier alpha value is -3.15. The molecule has 0 radical (unpaired) electrons. The number of nitrogens with zero attached hydrogens (tertiary/aromatic N) is 4. The summed E-state index contributed by atoms with van der Waals surface area (Å²) in [6.45, 7) is 5.59. The molecule has 1 aliphatic rings. The predicted molar refractivity (Wildman–Crippen MR) is 103 cm³/mol. The van der Waals surface area contributed by atoms with Gasteiger partial charge >= 0.3 is 0 Å². The van der Waals surface area contributed by atoms with Crippen molar-refractivity contribution >= 4 is 17.3 Å². The topological polar surface area (TPSA) is 57.9 Å². The first-order valence-electron chi connectivity index (χ1n) is 9.23. The second-order valence-corrected chi connectivity index (χ2v) is 6.75. The maximum Gasteiger partial charge on any atom is 0.254 e. The number of aromatic nitrogens is 2. The van der Waals surface area contributed by atoms with Crippen LogP contribution < -0.4 is 0 Å². The first-order valence-corrected chi connectivity index (χ1v) is 9.23. The van der Waals surface area contributed by atoms with Crippen LogP contribution in [0.5, 0.6) is 0 Å². The molecule has 0 bridgehead atoms. The highest BCUT2D eigenvalue weighted by atomic mass is 16.2. The van der Waals surface area contributed by atoms with Crippen molar-refractivity contribution in [2.45, 2.75) is 19.9 Å². The highest BCUT2D eigenvalue weighted by Gasteiger charge is 2.33. The molecule has 0 saturated carbocycles. The SMILES string of the molecule is CCN1CCN(C(=O)c2ccc(-c3cccc4ccnn34)cc2)[C@@H](C)C1=O. The third kappa shape index (κ3) is 2.97. The Morgan fingerprint density at radius 1 is 1.11 bits per heavy atom. The molecule has 27 heavy (non-hydrogen) atoms. The van der Waals surface area contributed by atoms with Crippen molar-refractivity contribution < 1.29 is 9.59 Å². The Morgan fingerprint density at radius 3 is 2.63 bits per heavy atom. The van der Waals surface area contributed by atoms with Gasteiger partial charge in [-0.3, -0.25) is 9.59 Å². The van der Waals surface area contributed by atoms with Crippen LogP contribution in [0.4, 0.5) is 0 Å². The molecule has 3 aromatic rings. The lowest BCUT2D eigenvalue weighted by molar-refractivity contribution is -0.139. The molecule has 2 aromatic heterocycles. The lowest BCUT2D eigenvalue weighted by atomic mass is 10.1. The molecule has 1 aromatic carbocycles. The summed E-state index contributed by atoms with van der Waals surface area (Å²) in [4.78, 5) is 28.7. The summed E-state index contributed by atoms with van der Waals surface area (Å²) in [6, 6.07) is 15.0. The number of hydrogen-bond acceptors (Lipinski definition) is 3. The first kappa shape index (κ1) is 17.3. The zero-order chi connectivity index (χ0) is 19.0. The van der Waals surface area contributed by atoms with E-state index in [1.165, 1.54) is 0 Å². The average Bonchev–Trinajstić information content (AvgIpc) is 3.18. The number of amides is 2. The lowest BCUT2D eigenvalue weighted by Crippen LogP contribution is -2.57. The minimum atomic E-state index is -0.427. The lowest BCUT2D eigenvalue weighted by Gasteiger charge is -2.38. The second kappa shape index (κ2) is 6.87. The van der Waals surface area contributed by atoms with Crippen molar-refractivity contribution in [3.05, 3.63) is 60.3 Å². The normalized spacial score (nSPS) is 17.6. The first-order chi connectivity index (χ1) is 13.1. The van der Waals surface area contributed by atoms with E-state index in [2.05, 4.69) is 5.10 Å². The molecule has 0 unspecified atom stereocenters. The second-order valence-electron chi connectivity index (χ2n) is 6.75. The summed E-state index contributed by atoms with van der Waals surface area (Å²) in [6.07, 6.45) is 1.77. The van der Waals surface area contributed by atoms with Crippen LogP contribution in [0, 0.1) is 0 Å². The van der Waals surface area contributed by atoms with E-state index in [1.807, 2.05) is 60.0 Å². The van der Waals surface area contributed by atoms with E-state index in [9.17, 15) is 9.59 Å². The molecule has 2 amide bonds. The van der Waals surface area contributed by atoms with Crippen molar-refractivity contribution in [1.82, 2.24) is 19.4 Å². The number of rotatable bonds is 3. The summed E-state index contributed by atoms with van der Waals surface area (Å²) < 4.78 is 1.88. The van der Waals surface area contributed by atoms with Crippen molar-refractivity contribution in [1.29, 1.82) is 0 Å². The average molecular weight is 362 g/mol. The number of fused-ring (bicyclic) bond motifs is 1. The number of hydrogen-bond donors (Lipinski definition) is 0. The summed E-state index contributed by atoms with van der Waals surface area (Å²) in [5.74, 6) is -0.0884. The fourth-order valence-corrected chi connectivity index (χ4v) is 3.64. The molecular weight excluding hydrogens is 340 g/mol. The third-order valence-corrected chi connectivity index (χ3v) is 5.24. The fourth-order valence-electron chi connectivity index (χ4n) is 3.64. The zero-order valence-corrected chi connectivity index (χ0v) is 15.5. The number of carbonyl (C=O) groups is 2. The number of benzene rings is 1. The van der Waals surface area contributed by atoms with E-state index >= 15 is 0 Å². The van der Waals surface area contributed by atoms with Crippen molar-refractivity contribution in [3.8, 4) is 11.3 Å². The van der Waals surface area contributed by atoms with Gasteiger partial charge in [-0.1, -0.05) is 18.2 Å². The van der Waals surface area contributed by atoms with Crippen molar-refractivity contribution in [3.63, 3.8) is 0 Å². The largest absolute Gasteiger partial charge is 0.339 e. The molecular formula is C21H22N4O2. The van der Waals surface area contributed by atoms with Gasteiger partial charge in [0.05, 0.1) is 17.4 Å². The minimum absolute atomic E-state index is 0.0130. The van der Waals surface area contributed by atoms with Gasteiger partial charge in [0, 0.05) is 30.8 Å². The van der Waals surface area contributed by atoms with Gasteiger partial charge in [-0.25, -0.2) is 4.52 Å². The van der Waals surface area contributed by atoms with Crippen molar-refractivity contribution in [2.24, 2.45) is 0 Å². The van der Waals surface area contributed by atoms with E-state index in [0.29, 0.717) is 25.2 Å². The van der Waals surface area contributed by atoms with Crippen LogP contribution in [0.15, 0.2) is 54.7 Å². The highest BCUT2D eigenvalue weighted by molar-refractivity contribution is 5.98. The van der Waals surface area contributed by atoms with Gasteiger partial charge in [0.1, 0.15) is 6.04 Å². The maximum atomic E-state index is 12.9. The van der Waals surface area contributed by atoms with Gasteiger partial charge in [0.2, 0.25) is 5.91 Å². The number of piperazine rings is 1. The van der Waals surface area contributed by atoms with E-state index < -0.39 is 6.04 Å². The molecule has 0 aliphatic carbocycles. The maximum absolute atomic E-state index is 12.9. The molecule has 6 nitrogen and oxygen atoms in total. The fraction of sp³-hybridized carbons (Fsp3) is 0.286. The summed E-state index contributed by atoms with van der Waals surface area (Å²) in [7, 11) is 0. The standard InChI is InChI=1S/C21H22N4O2/c1-3-23-13-14-24(15(2)20(23)26)21(27)17-9-7-16(8-10-17)19-6-4-5-18-11-12-22-25(18)19/h4-12,15H,3,13-14H2,1-2H3/t15-/m0/s1. The van der Waals surface area contributed by atoms with Crippen LogP contribution >= 0.6 is 0 Å². The number of carbonyl (C=O) groups excluding carboxylic acids is 2. The monoisotopic (exact) mass is 362 g/mol. The number of pyridine rings is 1. The van der Waals surface area contributed by atoms with E-state index in [-0.39, 0.29) is 11.8 Å². The molecule has 1 fully saturated rings. The molecule has 1 saturated heterocycles. The third-order valence-electron chi connectivity index (χ3n) is 5.24. The molecule has 6 heteroatoms. The molecule has 3 heterocycles. The summed E-state index contributed by atoms with van der Waals surface area (Å²) in [5, 5.41) is 4.36. The summed E-state index contributed by atoms with van der Waals surface area (Å²) >= 11 is 0. The van der Waals surface area contributed by atoms with Gasteiger partial charge in [0.25, 0.3) is 5.91 Å². The zero-order valence-electron chi connectivity index (χ0n) is 15.5. The van der Waals surface area contributed by atoms with Gasteiger partial charge < -0.3 is 9.80 Å². The van der Waals surface area contributed by atoms with E-state index in [4.69, 9.17) is 0 Å². The predicted octanol–water partition coefficient (Wildman–Crippen LogP) is 2.69. The molecule has 1 atom stereocenters. The van der Waals surface area contributed by atoms with Gasteiger partial charge in [0.15, 0.2) is 0 Å². The Balaban J connectivity index is 1.58. The van der Waals surface area contributed by atoms with Crippen molar-refractivity contribution in [2.75, 3.05) is 19.6 Å². The van der Waals surface area contributed by atoms with E-state index in [1.54, 1.807) is 22.9 Å². The minimum Gasteiger partial charge on any atom is -0.339 e. The Labute approximate surface area is 158 Å². The molecule has 0 spiro atoms. The Bertz CT molecular complexity index is 993. The van der Waals surface area contributed by atoms with Crippen LogP contribution in [-0.2, 0) is 4.79 Å². The van der Waals surface area contributed by atoms with Gasteiger partial charge in [-0.05, 0) is 44.2 Å². The van der Waals surface area contributed by atoms with Crippen LogP contribution in [0.2, 0.25) is 0 Å². The number of likely N-dealkylation sites (N-methyl/N-ethyl adjacent to an activating group) is 1.